The molecule has 2 N–H and O–H groups in total. The summed E-state index contributed by atoms with van der Waals surface area (Å²) in [7, 11) is 0. The van der Waals surface area contributed by atoms with E-state index in [1.165, 1.54) is 0 Å². The van der Waals surface area contributed by atoms with E-state index < -0.39 is 47.7 Å². The average molecular weight is 694 g/mol. The van der Waals surface area contributed by atoms with Crippen LogP contribution in [-0.2, 0) is 28.7 Å². The van der Waals surface area contributed by atoms with E-state index in [0.29, 0.717) is 43.4 Å². The van der Waals surface area contributed by atoms with E-state index in [0.717, 1.165) is 10.8 Å². The van der Waals surface area contributed by atoms with Crippen LogP contribution in [0.2, 0.25) is 0 Å². The molecule has 0 unspecified atom stereocenters. The van der Waals surface area contributed by atoms with Crippen molar-refractivity contribution in [3.8, 4) is 0 Å². The van der Waals surface area contributed by atoms with E-state index in [2.05, 4.69) is 18.5 Å². The number of nitrogens with one attached hydrogen (secondary N) is 1. The Morgan fingerprint density at radius 1 is 1.06 bits per heavy atom. The van der Waals surface area contributed by atoms with Crippen LogP contribution in [0.15, 0.2) is 98.1 Å². The zero-order valence-electron chi connectivity index (χ0n) is 29.1. The molecule has 3 aromatic rings. The van der Waals surface area contributed by atoms with Crippen molar-refractivity contribution in [3.05, 3.63) is 104 Å². The molecule has 3 saturated heterocycles. The largest absolute Gasteiger partial charge is 0.455 e. The highest BCUT2D eigenvalue weighted by molar-refractivity contribution is 6.05. The number of nitrogens with zero attached hydrogens (tertiary/aromatic N) is 2. The highest BCUT2D eigenvalue weighted by Gasteiger charge is 2.75. The second kappa shape index (κ2) is 15.6. The summed E-state index contributed by atoms with van der Waals surface area (Å²) in [5, 5.41) is 14.5. The van der Waals surface area contributed by atoms with Crippen molar-refractivity contribution in [2.45, 2.75) is 75.3 Å². The first-order chi connectivity index (χ1) is 24.7. The van der Waals surface area contributed by atoms with Crippen LogP contribution in [0.4, 0.5) is 5.69 Å². The standard InChI is InChI=1S/C41H47N3O7/c1-4-6-18-33(46)42-27(3)36(29-15-8-7-9-16-29)50-40(49)34-32-21-22-41(51-32)35(34)38(47)44(24-12-13-25-45)37(41)39(48)43(23-5-2)31-20-19-28-14-10-11-17-30(28)26-31/h4-5,7-11,14-17,19-20,26-27,32,34-37,45H,1-2,6,12-13,18,21-25H2,3H3,(H,42,46)/t27-,32-,34+,35+,36-,37-,41+/m0/s1. The number of aliphatic hydroxyl groups excluding tert-OH is 1. The van der Waals surface area contributed by atoms with Crippen molar-refractivity contribution < 1.29 is 33.8 Å². The van der Waals surface area contributed by atoms with Crippen molar-refractivity contribution in [1.82, 2.24) is 10.2 Å². The number of fused-ring (bicyclic) bond motifs is 2. The van der Waals surface area contributed by atoms with Gasteiger partial charge >= 0.3 is 5.97 Å². The SMILES string of the molecule is C=CCCC(=O)N[C@@H](C)[C@H](OC(=O)[C@@H]1[C@@H]2CC[C@]3(O2)[C@H](C(=O)N(CC=C)c2ccc4ccccc4c2)N(CCCCO)C(=O)[C@@H]13)c1ccccc1. The van der Waals surface area contributed by atoms with Crippen LogP contribution in [0.25, 0.3) is 10.8 Å². The molecule has 0 aliphatic carbocycles. The molecule has 6 rings (SSSR count). The summed E-state index contributed by atoms with van der Waals surface area (Å²) in [6.45, 7) is 9.77. The van der Waals surface area contributed by atoms with E-state index in [4.69, 9.17) is 9.47 Å². The molecule has 0 radical (unpaired) electrons. The lowest BCUT2D eigenvalue weighted by molar-refractivity contribution is -0.162. The number of ether oxygens (including phenoxy) is 2. The summed E-state index contributed by atoms with van der Waals surface area (Å²) in [4.78, 5) is 59.7. The Kier molecular flexibility index (Phi) is 11.0. The van der Waals surface area contributed by atoms with Gasteiger partial charge in [-0.25, -0.2) is 0 Å². The molecule has 3 heterocycles. The molecule has 3 amide bonds. The molecule has 3 aliphatic rings. The second-order valence-electron chi connectivity index (χ2n) is 13.7. The third kappa shape index (κ3) is 6.95. The fourth-order valence-electron chi connectivity index (χ4n) is 8.22. The number of allylic oxidation sites excluding steroid dienone is 1. The van der Waals surface area contributed by atoms with Crippen molar-refractivity contribution >= 4 is 40.2 Å². The number of hydrogen-bond donors (Lipinski definition) is 2. The first-order valence-electron chi connectivity index (χ1n) is 17.9. The van der Waals surface area contributed by atoms with Crippen molar-refractivity contribution in [1.29, 1.82) is 0 Å². The monoisotopic (exact) mass is 693 g/mol. The number of carbonyl (C=O) groups is 4. The van der Waals surface area contributed by atoms with Crippen LogP contribution in [0.5, 0.6) is 0 Å². The summed E-state index contributed by atoms with van der Waals surface area (Å²) in [5.74, 6) is -3.28. The second-order valence-corrected chi connectivity index (χ2v) is 13.7. The van der Waals surface area contributed by atoms with Gasteiger partial charge in [0.05, 0.1) is 24.0 Å². The number of benzene rings is 3. The maximum Gasteiger partial charge on any atom is 0.313 e. The average Bonchev–Trinajstić information content (AvgIpc) is 3.79. The molecule has 2 bridgehead atoms. The maximum absolute atomic E-state index is 14.9. The van der Waals surface area contributed by atoms with Crippen LogP contribution in [0, 0.1) is 11.8 Å². The van der Waals surface area contributed by atoms with E-state index >= 15 is 0 Å². The molecule has 10 heteroatoms. The fraction of sp³-hybridized carbons (Fsp3) is 0.415. The Bertz CT molecular complexity index is 1780. The van der Waals surface area contributed by atoms with Gasteiger partial charge in [-0.1, -0.05) is 72.8 Å². The van der Waals surface area contributed by atoms with Crippen LogP contribution in [0.3, 0.4) is 0 Å². The molecule has 10 nitrogen and oxygen atoms in total. The van der Waals surface area contributed by atoms with Gasteiger partial charge in [0.25, 0.3) is 5.91 Å². The third-order valence-electron chi connectivity index (χ3n) is 10.5. The topological polar surface area (TPSA) is 125 Å². The van der Waals surface area contributed by atoms with Crippen molar-refractivity contribution in [2.75, 3.05) is 24.6 Å². The van der Waals surface area contributed by atoms with Crippen LogP contribution in [0.1, 0.15) is 57.1 Å². The Morgan fingerprint density at radius 2 is 1.80 bits per heavy atom. The molecule has 0 aromatic heterocycles. The molecule has 268 valence electrons. The number of amides is 3. The Morgan fingerprint density at radius 3 is 2.53 bits per heavy atom. The molecule has 3 aromatic carbocycles. The lowest BCUT2D eigenvalue weighted by Gasteiger charge is -2.37. The van der Waals surface area contributed by atoms with E-state index in [-0.39, 0.29) is 43.8 Å². The van der Waals surface area contributed by atoms with Gasteiger partial charge < -0.3 is 29.7 Å². The van der Waals surface area contributed by atoms with Crippen molar-refractivity contribution in [3.63, 3.8) is 0 Å². The number of anilines is 1. The maximum atomic E-state index is 14.9. The lowest BCUT2D eigenvalue weighted by atomic mass is 9.70. The van der Waals surface area contributed by atoms with Gasteiger partial charge in [-0.15, -0.1) is 13.2 Å². The van der Waals surface area contributed by atoms with E-state index in [9.17, 15) is 24.3 Å². The summed E-state index contributed by atoms with van der Waals surface area (Å²) >= 11 is 0. The fourth-order valence-corrected chi connectivity index (χ4v) is 8.22. The van der Waals surface area contributed by atoms with Gasteiger partial charge in [0, 0.05) is 31.8 Å². The molecule has 0 saturated carbocycles. The number of esters is 1. The first-order valence-corrected chi connectivity index (χ1v) is 17.9. The summed E-state index contributed by atoms with van der Waals surface area (Å²) in [5.41, 5.74) is 0.137. The Balaban J connectivity index is 1.32. The molecular formula is C41H47N3O7. The van der Waals surface area contributed by atoms with Crippen LogP contribution in [-0.4, -0.2) is 77.2 Å². The Hall–Kier alpha value is -4.80. The van der Waals surface area contributed by atoms with Gasteiger partial charge in [0.15, 0.2) is 0 Å². The normalized spacial score (nSPS) is 24.5. The van der Waals surface area contributed by atoms with Crippen LogP contribution < -0.4 is 10.2 Å². The van der Waals surface area contributed by atoms with Crippen LogP contribution >= 0.6 is 0 Å². The zero-order valence-corrected chi connectivity index (χ0v) is 29.1. The smallest absolute Gasteiger partial charge is 0.313 e. The first kappa shape index (κ1) is 36.0. The minimum absolute atomic E-state index is 0.0500. The summed E-state index contributed by atoms with van der Waals surface area (Å²) < 4.78 is 12.9. The number of hydrogen-bond acceptors (Lipinski definition) is 7. The quantitative estimate of drug-likeness (QED) is 0.119. The van der Waals surface area contributed by atoms with Gasteiger partial charge in [-0.2, -0.15) is 0 Å². The van der Waals surface area contributed by atoms with E-state index in [1.807, 2.05) is 72.8 Å². The third-order valence-corrected chi connectivity index (χ3v) is 10.5. The minimum atomic E-state index is -1.23. The number of unbranched alkanes of at least 4 members (excludes halogenated alkanes) is 1. The minimum Gasteiger partial charge on any atom is -0.455 e. The predicted molar refractivity (Wildman–Crippen MR) is 194 cm³/mol. The highest BCUT2D eigenvalue weighted by Crippen LogP contribution is 2.59. The molecule has 3 fully saturated rings. The van der Waals surface area contributed by atoms with Gasteiger partial charge in [0.2, 0.25) is 11.8 Å². The van der Waals surface area contributed by atoms with Gasteiger partial charge in [0.1, 0.15) is 17.7 Å². The molecule has 7 atom stereocenters. The zero-order chi connectivity index (χ0) is 36.1. The summed E-state index contributed by atoms with van der Waals surface area (Å²) in [6.07, 6.45) is 4.51. The highest BCUT2D eigenvalue weighted by atomic mass is 16.6. The summed E-state index contributed by atoms with van der Waals surface area (Å²) in [6, 6.07) is 21.3. The number of rotatable bonds is 16. The van der Waals surface area contributed by atoms with Crippen molar-refractivity contribution in [2.24, 2.45) is 11.8 Å². The molecule has 3 aliphatic heterocycles. The number of aliphatic hydroxyl groups is 1. The molecular weight excluding hydrogens is 646 g/mol. The molecule has 1 spiro atoms. The molecule has 51 heavy (non-hydrogen) atoms. The van der Waals surface area contributed by atoms with Gasteiger partial charge in [-0.3, -0.25) is 19.2 Å². The Labute approximate surface area is 299 Å². The van der Waals surface area contributed by atoms with E-state index in [1.54, 1.807) is 28.9 Å². The predicted octanol–water partition coefficient (Wildman–Crippen LogP) is 5.26. The number of likely N-dealkylation sites (tertiary alicyclic amines) is 1. The lowest BCUT2D eigenvalue weighted by Crippen LogP contribution is -2.56. The van der Waals surface area contributed by atoms with Gasteiger partial charge in [-0.05, 0) is 67.5 Å². The number of carbonyl (C=O) groups excluding carboxylic acids is 4.